The summed E-state index contributed by atoms with van der Waals surface area (Å²) in [5.41, 5.74) is 6.22. The van der Waals surface area contributed by atoms with Crippen molar-refractivity contribution in [1.82, 2.24) is 0 Å². The normalized spacial score (nSPS) is 24.1. The van der Waals surface area contributed by atoms with Gasteiger partial charge in [-0.1, -0.05) is 4.68 Å². The molecule has 0 fully saturated rings. The van der Waals surface area contributed by atoms with Crippen molar-refractivity contribution in [1.29, 1.82) is 0 Å². The Morgan fingerprint density at radius 1 is 1.35 bits per heavy atom. The van der Waals surface area contributed by atoms with Gasteiger partial charge in [-0.25, -0.2) is 9.98 Å². The summed E-state index contributed by atoms with van der Waals surface area (Å²) in [5, 5.41) is 4.32. The van der Waals surface area contributed by atoms with Crippen molar-refractivity contribution in [2.45, 2.75) is 39.3 Å². The van der Waals surface area contributed by atoms with Crippen LogP contribution in [0, 0.1) is 0 Å². The van der Waals surface area contributed by atoms with E-state index in [1.807, 2.05) is 34.7 Å². The summed E-state index contributed by atoms with van der Waals surface area (Å²) >= 11 is 0. The van der Waals surface area contributed by atoms with Crippen molar-refractivity contribution in [3.63, 3.8) is 0 Å². The summed E-state index contributed by atoms with van der Waals surface area (Å²) < 4.78 is 7.56. The standard InChI is InChI=1S/C11H18N5O/c1-6-13-8-7(9(12)14-6)15-16(5)10(8)17-11(2,3)4/h8H,1-5H3,(H2,12,13,14)/q+1. The summed E-state index contributed by atoms with van der Waals surface area (Å²) in [7, 11) is 1.82. The molecule has 0 amide bonds. The fourth-order valence-electron chi connectivity index (χ4n) is 1.75. The summed E-state index contributed by atoms with van der Waals surface area (Å²) in [6.07, 6.45) is 0. The lowest BCUT2D eigenvalue weighted by Gasteiger charge is -2.21. The van der Waals surface area contributed by atoms with E-state index in [9.17, 15) is 0 Å². The lowest BCUT2D eigenvalue weighted by molar-refractivity contribution is -0.509. The van der Waals surface area contributed by atoms with E-state index < -0.39 is 0 Å². The van der Waals surface area contributed by atoms with Crippen LogP contribution in [0.2, 0.25) is 0 Å². The molecule has 0 aliphatic carbocycles. The van der Waals surface area contributed by atoms with Crippen molar-refractivity contribution >= 4 is 23.3 Å². The molecular formula is C11H18N5O+. The second kappa shape index (κ2) is 3.65. The molecule has 17 heavy (non-hydrogen) atoms. The van der Waals surface area contributed by atoms with Gasteiger partial charge in [0, 0.05) is 5.10 Å². The van der Waals surface area contributed by atoms with Gasteiger partial charge in [-0.3, -0.25) is 0 Å². The zero-order valence-electron chi connectivity index (χ0n) is 10.9. The fourth-order valence-corrected chi connectivity index (χ4v) is 1.75. The van der Waals surface area contributed by atoms with Crippen molar-refractivity contribution < 1.29 is 9.42 Å². The number of aliphatic imine (C=N–C) groups is 2. The highest BCUT2D eigenvalue weighted by Crippen LogP contribution is 2.18. The van der Waals surface area contributed by atoms with Crippen molar-refractivity contribution in [3.05, 3.63) is 0 Å². The number of amidine groups is 2. The molecule has 92 valence electrons. The lowest BCUT2D eigenvalue weighted by atomic mass is 10.1. The Hall–Kier alpha value is -1.72. The number of rotatable bonds is 0. The zero-order chi connectivity index (χ0) is 12.8. The predicted octanol–water partition coefficient (Wildman–Crippen LogP) is 0.370. The van der Waals surface area contributed by atoms with Crippen LogP contribution in [0.25, 0.3) is 0 Å². The molecule has 2 heterocycles. The minimum Gasteiger partial charge on any atom is -0.438 e. The highest BCUT2D eigenvalue weighted by atomic mass is 16.5. The van der Waals surface area contributed by atoms with Gasteiger partial charge in [-0.15, -0.1) is 0 Å². The van der Waals surface area contributed by atoms with E-state index in [1.165, 1.54) is 0 Å². The third-order valence-electron chi connectivity index (χ3n) is 2.34. The third-order valence-corrected chi connectivity index (χ3v) is 2.34. The van der Waals surface area contributed by atoms with Crippen LogP contribution >= 0.6 is 0 Å². The van der Waals surface area contributed by atoms with Crippen molar-refractivity contribution in [3.8, 4) is 0 Å². The number of fused-ring (bicyclic) bond motifs is 1. The van der Waals surface area contributed by atoms with Gasteiger partial charge in [0.25, 0.3) is 0 Å². The summed E-state index contributed by atoms with van der Waals surface area (Å²) in [6, 6.07) is -0.253. The molecule has 2 aliphatic heterocycles. The summed E-state index contributed by atoms with van der Waals surface area (Å²) in [4.78, 5) is 8.53. The van der Waals surface area contributed by atoms with Crippen molar-refractivity contribution in [2.75, 3.05) is 7.05 Å². The van der Waals surface area contributed by atoms with Crippen LogP contribution in [-0.2, 0) is 4.74 Å². The first-order chi connectivity index (χ1) is 7.78. The van der Waals surface area contributed by atoms with E-state index in [2.05, 4.69) is 15.1 Å². The van der Waals surface area contributed by atoms with Gasteiger partial charge in [-0.05, 0) is 27.7 Å². The van der Waals surface area contributed by atoms with Gasteiger partial charge in [0.1, 0.15) is 11.4 Å². The highest BCUT2D eigenvalue weighted by Gasteiger charge is 2.44. The number of hydrogen-bond acceptors (Lipinski definition) is 5. The largest absolute Gasteiger partial charge is 0.438 e. The molecule has 0 aromatic carbocycles. The quantitative estimate of drug-likeness (QED) is 0.617. The van der Waals surface area contributed by atoms with Crippen LogP contribution in [0.5, 0.6) is 0 Å². The molecule has 0 bridgehead atoms. The average molecular weight is 236 g/mol. The number of nitrogens with zero attached hydrogens (tertiary/aromatic N) is 4. The first kappa shape index (κ1) is 11.8. The van der Waals surface area contributed by atoms with Crippen LogP contribution in [0.1, 0.15) is 27.7 Å². The molecule has 1 atom stereocenters. The van der Waals surface area contributed by atoms with Crippen LogP contribution < -0.4 is 5.73 Å². The minimum absolute atomic E-state index is 0.253. The lowest BCUT2D eigenvalue weighted by Crippen LogP contribution is -2.42. The maximum Gasteiger partial charge on any atom is 0.399 e. The van der Waals surface area contributed by atoms with Gasteiger partial charge in [0.05, 0.1) is 0 Å². The molecule has 0 saturated heterocycles. The first-order valence-electron chi connectivity index (χ1n) is 5.55. The average Bonchev–Trinajstić information content (AvgIpc) is 2.43. The first-order valence-corrected chi connectivity index (χ1v) is 5.55. The zero-order valence-corrected chi connectivity index (χ0v) is 10.9. The molecule has 2 N–H and O–H groups in total. The van der Waals surface area contributed by atoms with Gasteiger partial charge in [0.2, 0.25) is 6.04 Å². The van der Waals surface area contributed by atoms with Crippen LogP contribution in [-0.4, -0.2) is 46.7 Å². The Bertz CT molecular complexity index is 479. The van der Waals surface area contributed by atoms with Crippen molar-refractivity contribution in [2.24, 2.45) is 20.8 Å². The maximum absolute atomic E-state index is 5.89. The number of nitrogens with two attached hydrogens (primary N) is 1. The molecule has 2 rings (SSSR count). The predicted molar refractivity (Wildman–Crippen MR) is 68.0 cm³/mol. The number of hydrogen-bond donors (Lipinski definition) is 1. The topological polar surface area (TPSA) is 75.3 Å². The molecule has 2 aliphatic rings. The van der Waals surface area contributed by atoms with E-state index in [0.29, 0.717) is 23.3 Å². The monoisotopic (exact) mass is 236 g/mol. The van der Waals surface area contributed by atoms with Crippen LogP contribution in [0.15, 0.2) is 15.1 Å². The Balaban J connectivity index is 2.34. The van der Waals surface area contributed by atoms with E-state index in [1.54, 1.807) is 4.68 Å². The molecule has 6 heteroatoms. The van der Waals surface area contributed by atoms with Crippen LogP contribution in [0.3, 0.4) is 0 Å². The third kappa shape index (κ3) is 2.20. The fraction of sp³-hybridized carbons (Fsp3) is 0.636. The maximum atomic E-state index is 5.89. The molecular weight excluding hydrogens is 218 g/mol. The summed E-state index contributed by atoms with van der Waals surface area (Å²) in [5.74, 6) is 1.77. The van der Waals surface area contributed by atoms with Gasteiger partial charge >= 0.3 is 5.90 Å². The van der Waals surface area contributed by atoms with Crippen LogP contribution in [0.4, 0.5) is 0 Å². The summed E-state index contributed by atoms with van der Waals surface area (Å²) in [6.45, 7) is 7.78. The van der Waals surface area contributed by atoms with E-state index >= 15 is 0 Å². The number of ether oxygens (including phenoxy) is 1. The molecule has 1 unspecified atom stereocenters. The molecule has 0 aromatic heterocycles. The smallest absolute Gasteiger partial charge is 0.399 e. The molecule has 0 radical (unpaired) electrons. The molecule has 0 aromatic rings. The second-order valence-electron chi connectivity index (χ2n) is 5.14. The molecule has 0 saturated carbocycles. The molecule has 0 spiro atoms. The van der Waals surface area contributed by atoms with Gasteiger partial charge < -0.3 is 10.5 Å². The highest BCUT2D eigenvalue weighted by molar-refractivity contribution is 6.49. The second-order valence-corrected chi connectivity index (χ2v) is 5.14. The van der Waals surface area contributed by atoms with Gasteiger partial charge in [-0.2, -0.15) is 0 Å². The van der Waals surface area contributed by atoms with Gasteiger partial charge in [0.15, 0.2) is 18.6 Å². The Kier molecular flexibility index (Phi) is 2.52. The number of hydrazone groups is 1. The Morgan fingerprint density at radius 2 is 2.00 bits per heavy atom. The van der Waals surface area contributed by atoms with E-state index in [-0.39, 0.29) is 11.6 Å². The minimum atomic E-state index is -0.290. The van der Waals surface area contributed by atoms with E-state index in [4.69, 9.17) is 10.5 Å². The Morgan fingerprint density at radius 3 is 2.59 bits per heavy atom. The van der Waals surface area contributed by atoms with E-state index in [0.717, 1.165) is 0 Å². The Labute approximate surface area is 101 Å². The molecule has 6 nitrogen and oxygen atoms in total. The SMILES string of the molecule is CC1=NC2C(=N[N+](C)=C2OC(C)(C)C)C(N)=N1.